The summed E-state index contributed by atoms with van der Waals surface area (Å²) >= 11 is 0. The highest BCUT2D eigenvalue weighted by molar-refractivity contribution is 6.42. The Bertz CT molecular complexity index is 2210. The van der Waals surface area contributed by atoms with Gasteiger partial charge < -0.3 is 0 Å². The summed E-state index contributed by atoms with van der Waals surface area (Å²) in [4.78, 5) is 15.6. The van der Waals surface area contributed by atoms with Gasteiger partial charge in [-0.05, 0) is 82.3 Å². The number of aryl methyl sites for hydroxylation is 2. The number of hydrogen-bond acceptors (Lipinski definition) is 2. The maximum atomic E-state index is 15.6. The van der Waals surface area contributed by atoms with E-state index in [1.807, 2.05) is 48.5 Å². The lowest BCUT2D eigenvalue weighted by atomic mass is 9.66. The summed E-state index contributed by atoms with van der Waals surface area (Å²) in [6, 6.07) is 52.0. The highest BCUT2D eigenvalue weighted by Crippen LogP contribution is 2.60. The van der Waals surface area contributed by atoms with E-state index >= 15 is 4.79 Å². The number of hydrogen-bond donors (Lipinski definition) is 0. The van der Waals surface area contributed by atoms with Crippen LogP contribution < -0.4 is 5.01 Å². The number of amides is 1. The maximum absolute atomic E-state index is 15.6. The van der Waals surface area contributed by atoms with Crippen molar-refractivity contribution in [1.82, 2.24) is 0 Å². The second kappa shape index (κ2) is 11.0. The first-order valence-electron chi connectivity index (χ1n) is 15.7. The standard InChI is InChI=1S/C43H32N2O/c1-29-17-21-32(22-18-29)38-28-39(33-12-5-3-6-13-33)43(40(38)34-23-19-30(2)20-24-34)41(36-26-25-31-11-9-10-14-35(31)27-36)44-45(42(43)46)37-15-7-4-8-16-37/h3-28H,1-2H3/t43-/m1/s1. The molecule has 6 aromatic rings. The van der Waals surface area contributed by atoms with Crippen molar-refractivity contribution in [1.29, 1.82) is 0 Å². The van der Waals surface area contributed by atoms with Gasteiger partial charge in [-0.3, -0.25) is 4.79 Å². The van der Waals surface area contributed by atoms with Crippen molar-refractivity contribution in [2.45, 2.75) is 13.8 Å². The summed E-state index contributed by atoms with van der Waals surface area (Å²) in [6.45, 7) is 4.19. The van der Waals surface area contributed by atoms with Gasteiger partial charge in [0.1, 0.15) is 5.41 Å². The highest BCUT2D eigenvalue weighted by atomic mass is 16.2. The van der Waals surface area contributed by atoms with Crippen LogP contribution in [0.1, 0.15) is 33.4 Å². The van der Waals surface area contributed by atoms with Crippen LogP contribution >= 0.6 is 0 Å². The van der Waals surface area contributed by atoms with Crippen LogP contribution in [0.4, 0.5) is 5.69 Å². The number of anilines is 1. The van der Waals surface area contributed by atoms with Gasteiger partial charge >= 0.3 is 0 Å². The van der Waals surface area contributed by atoms with Gasteiger partial charge in [-0.1, -0.05) is 145 Å². The van der Waals surface area contributed by atoms with E-state index in [2.05, 4.69) is 123 Å². The minimum atomic E-state index is -1.21. The molecule has 0 N–H and O–H groups in total. The topological polar surface area (TPSA) is 32.7 Å². The number of fused-ring (bicyclic) bond motifs is 1. The second-order valence-electron chi connectivity index (χ2n) is 12.2. The van der Waals surface area contributed by atoms with Gasteiger partial charge in [0.15, 0.2) is 0 Å². The molecule has 1 amide bonds. The fourth-order valence-electron chi connectivity index (χ4n) is 6.94. The number of benzene rings is 6. The molecule has 2 aliphatic rings. The quantitative estimate of drug-likeness (QED) is 0.196. The zero-order chi connectivity index (χ0) is 31.3. The molecule has 1 spiro atoms. The molecule has 6 aromatic carbocycles. The molecule has 220 valence electrons. The predicted octanol–water partition coefficient (Wildman–Crippen LogP) is 9.90. The van der Waals surface area contributed by atoms with E-state index in [0.29, 0.717) is 0 Å². The molecular weight excluding hydrogens is 560 g/mol. The van der Waals surface area contributed by atoms with Crippen LogP contribution in [0.3, 0.4) is 0 Å². The Hall–Kier alpha value is -5.80. The lowest BCUT2D eigenvalue weighted by Gasteiger charge is -2.32. The Morgan fingerprint density at radius 2 is 1.11 bits per heavy atom. The van der Waals surface area contributed by atoms with E-state index in [9.17, 15) is 0 Å². The Kier molecular flexibility index (Phi) is 6.61. The van der Waals surface area contributed by atoms with E-state index in [4.69, 9.17) is 5.10 Å². The Labute approximate surface area is 269 Å². The summed E-state index contributed by atoms with van der Waals surface area (Å²) in [7, 11) is 0. The first-order chi connectivity index (χ1) is 22.5. The largest absolute Gasteiger partial charge is 0.271 e. The Morgan fingerprint density at radius 1 is 0.543 bits per heavy atom. The molecule has 0 fully saturated rings. The van der Waals surface area contributed by atoms with Crippen molar-refractivity contribution in [2.24, 2.45) is 10.5 Å². The van der Waals surface area contributed by atoms with Gasteiger partial charge in [-0.2, -0.15) is 10.1 Å². The van der Waals surface area contributed by atoms with Gasteiger partial charge in [0.2, 0.25) is 0 Å². The molecule has 1 heterocycles. The van der Waals surface area contributed by atoms with Crippen LogP contribution in [0.2, 0.25) is 0 Å². The van der Waals surface area contributed by atoms with Crippen LogP contribution in [-0.4, -0.2) is 11.6 Å². The van der Waals surface area contributed by atoms with Crippen molar-refractivity contribution in [3.05, 3.63) is 191 Å². The van der Waals surface area contributed by atoms with Crippen molar-refractivity contribution < 1.29 is 4.79 Å². The van der Waals surface area contributed by atoms with E-state index in [0.717, 1.165) is 66.7 Å². The van der Waals surface area contributed by atoms with Gasteiger partial charge in [-0.15, -0.1) is 0 Å². The maximum Gasteiger partial charge on any atom is 0.268 e. The Balaban J connectivity index is 1.50. The number of nitrogens with zero attached hydrogens (tertiary/aromatic N) is 2. The molecule has 0 saturated heterocycles. The third-order valence-electron chi connectivity index (χ3n) is 9.22. The van der Waals surface area contributed by atoms with Gasteiger partial charge in [0, 0.05) is 5.56 Å². The summed E-state index contributed by atoms with van der Waals surface area (Å²) in [5.41, 5.74) is 9.48. The predicted molar refractivity (Wildman–Crippen MR) is 190 cm³/mol. The van der Waals surface area contributed by atoms with Gasteiger partial charge in [0.05, 0.1) is 11.4 Å². The number of rotatable bonds is 5. The average molecular weight is 593 g/mol. The smallest absolute Gasteiger partial charge is 0.268 e. The van der Waals surface area contributed by atoms with Crippen LogP contribution in [0.25, 0.3) is 27.5 Å². The fraction of sp³-hybridized carbons (Fsp3) is 0.0698. The van der Waals surface area contributed by atoms with Crippen molar-refractivity contribution in [3.63, 3.8) is 0 Å². The molecule has 8 rings (SSSR count). The first-order valence-corrected chi connectivity index (χ1v) is 15.7. The molecule has 1 atom stereocenters. The van der Waals surface area contributed by atoms with E-state index < -0.39 is 5.41 Å². The molecule has 3 nitrogen and oxygen atoms in total. The van der Waals surface area contributed by atoms with Crippen LogP contribution in [0.15, 0.2) is 163 Å². The van der Waals surface area contributed by atoms with Crippen molar-refractivity contribution >= 4 is 44.8 Å². The molecule has 0 bridgehead atoms. The summed E-state index contributed by atoms with van der Waals surface area (Å²) < 4.78 is 0. The highest BCUT2D eigenvalue weighted by Gasteiger charge is 2.60. The number of para-hydroxylation sites is 1. The summed E-state index contributed by atoms with van der Waals surface area (Å²) in [5, 5.41) is 9.15. The van der Waals surface area contributed by atoms with Gasteiger partial charge in [-0.25, -0.2) is 0 Å². The second-order valence-corrected chi connectivity index (χ2v) is 12.2. The summed E-state index contributed by atoms with van der Waals surface area (Å²) in [6.07, 6.45) is 2.23. The van der Waals surface area contributed by atoms with Crippen LogP contribution in [-0.2, 0) is 4.79 Å². The van der Waals surface area contributed by atoms with E-state index in [-0.39, 0.29) is 5.91 Å². The molecule has 0 saturated carbocycles. The number of hydrazone groups is 1. The molecule has 0 aromatic heterocycles. The van der Waals surface area contributed by atoms with Gasteiger partial charge in [0.25, 0.3) is 5.91 Å². The normalized spacial score (nSPS) is 17.6. The minimum absolute atomic E-state index is 0.0883. The average Bonchev–Trinajstić information content (AvgIpc) is 3.61. The molecule has 46 heavy (non-hydrogen) atoms. The third-order valence-corrected chi connectivity index (χ3v) is 9.22. The molecular formula is C43H32N2O. The van der Waals surface area contributed by atoms with Crippen molar-refractivity contribution in [2.75, 3.05) is 5.01 Å². The summed E-state index contributed by atoms with van der Waals surface area (Å²) in [5.74, 6) is -0.0883. The van der Waals surface area contributed by atoms with E-state index in [1.165, 1.54) is 5.56 Å². The SMILES string of the molecule is Cc1ccc(C2=C(c3ccc(C)cc3)[C@]3(C(=O)N(c4ccccc4)N=C3c3ccc4ccccc4c3)C(c3ccccc3)=C2)cc1. The molecule has 0 unspecified atom stereocenters. The fourth-order valence-corrected chi connectivity index (χ4v) is 6.94. The lowest BCUT2D eigenvalue weighted by molar-refractivity contribution is -0.120. The molecule has 0 radical (unpaired) electrons. The van der Waals surface area contributed by atoms with Crippen LogP contribution in [0, 0.1) is 19.3 Å². The molecule has 1 aliphatic carbocycles. The van der Waals surface area contributed by atoms with Crippen LogP contribution in [0.5, 0.6) is 0 Å². The lowest BCUT2D eigenvalue weighted by Crippen LogP contribution is -2.41. The zero-order valence-electron chi connectivity index (χ0n) is 25.8. The number of carbonyl (C=O) groups excluding carboxylic acids is 1. The molecule has 1 aliphatic heterocycles. The van der Waals surface area contributed by atoms with Crippen molar-refractivity contribution in [3.8, 4) is 0 Å². The zero-order valence-corrected chi connectivity index (χ0v) is 25.8. The number of allylic oxidation sites excluding steroid dienone is 2. The molecule has 3 heteroatoms. The Morgan fingerprint density at radius 3 is 1.78 bits per heavy atom. The first kappa shape index (κ1) is 27.7. The monoisotopic (exact) mass is 592 g/mol. The number of carbonyl (C=O) groups is 1. The van der Waals surface area contributed by atoms with E-state index in [1.54, 1.807) is 5.01 Å². The minimum Gasteiger partial charge on any atom is -0.271 e. The third kappa shape index (κ3) is 4.35.